The summed E-state index contributed by atoms with van der Waals surface area (Å²) in [4.78, 5) is 24.1. The van der Waals surface area contributed by atoms with Gasteiger partial charge in [0.25, 0.3) is 0 Å². The van der Waals surface area contributed by atoms with E-state index in [2.05, 4.69) is 9.72 Å². The molecule has 2 aromatic heterocycles. The normalized spacial score (nSPS) is 10.4. The molecule has 0 spiro atoms. The topological polar surface area (TPSA) is 72.3 Å². The van der Waals surface area contributed by atoms with E-state index in [0.29, 0.717) is 23.1 Å². The first-order valence-corrected chi connectivity index (χ1v) is 3.90. The summed E-state index contributed by atoms with van der Waals surface area (Å²) in [5.74, 6) is -0.244. The van der Waals surface area contributed by atoms with Crippen molar-refractivity contribution in [2.45, 2.75) is 0 Å². The second-order valence-electron chi connectivity index (χ2n) is 2.73. The zero-order valence-electron chi connectivity index (χ0n) is 7.37. The molecule has 72 valence electrons. The molecule has 0 bridgehead atoms. The average Bonchev–Trinajstić information content (AvgIpc) is 2.72. The van der Waals surface area contributed by atoms with E-state index in [-0.39, 0.29) is 5.76 Å². The highest BCUT2D eigenvalue weighted by Crippen LogP contribution is 2.19. The van der Waals surface area contributed by atoms with Gasteiger partial charge in [-0.2, -0.15) is 0 Å². The van der Waals surface area contributed by atoms with Crippen molar-refractivity contribution >= 4 is 23.4 Å². The van der Waals surface area contributed by atoms with Gasteiger partial charge in [-0.3, -0.25) is 4.79 Å². The zero-order valence-corrected chi connectivity index (χ0v) is 7.37. The van der Waals surface area contributed by atoms with E-state index in [1.54, 1.807) is 12.1 Å². The molecule has 0 amide bonds. The fourth-order valence-electron chi connectivity index (χ4n) is 1.22. The van der Waals surface area contributed by atoms with Gasteiger partial charge in [-0.05, 0) is 12.1 Å². The Morgan fingerprint density at radius 3 is 2.93 bits per heavy atom. The lowest BCUT2D eigenvalue weighted by Crippen LogP contribution is -2.00. The van der Waals surface area contributed by atoms with Crippen LogP contribution in [0.25, 0.3) is 11.1 Å². The molecule has 0 saturated carbocycles. The summed E-state index contributed by atoms with van der Waals surface area (Å²) < 4.78 is 9.57. The molecule has 0 radical (unpaired) electrons. The van der Waals surface area contributed by atoms with Gasteiger partial charge in [0, 0.05) is 5.39 Å². The number of methoxy groups -OCH3 is 1. The van der Waals surface area contributed by atoms with Crippen LogP contribution in [0.4, 0.5) is 0 Å². The Hall–Kier alpha value is -2.04. The molecule has 2 rings (SSSR count). The first-order valence-electron chi connectivity index (χ1n) is 3.90. The number of aromatic nitrogens is 1. The molecule has 5 heteroatoms. The van der Waals surface area contributed by atoms with Crippen molar-refractivity contribution in [1.29, 1.82) is 0 Å². The molecule has 14 heavy (non-hydrogen) atoms. The molecule has 2 heterocycles. The molecule has 0 unspecified atom stereocenters. The number of nitrogens with one attached hydrogen (secondary N) is 1. The number of carbonyl (C=O) groups excluding carboxylic acids is 2. The highest BCUT2D eigenvalue weighted by molar-refractivity contribution is 5.94. The maximum absolute atomic E-state index is 11.1. The number of H-pyrrole nitrogens is 1. The molecule has 5 nitrogen and oxygen atoms in total. The number of furan rings is 1. The summed E-state index contributed by atoms with van der Waals surface area (Å²) in [7, 11) is 1.29. The van der Waals surface area contributed by atoms with Crippen LogP contribution < -0.4 is 0 Å². The Morgan fingerprint density at radius 2 is 2.36 bits per heavy atom. The van der Waals surface area contributed by atoms with E-state index in [9.17, 15) is 9.59 Å². The van der Waals surface area contributed by atoms with Crippen LogP contribution in [0.3, 0.4) is 0 Å². The number of esters is 1. The maximum Gasteiger partial charge on any atom is 0.354 e. The van der Waals surface area contributed by atoms with Crippen LogP contribution >= 0.6 is 0 Å². The number of aromatic amines is 1. The van der Waals surface area contributed by atoms with E-state index < -0.39 is 5.97 Å². The molecule has 0 aromatic carbocycles. The molecular formula is C9H7NO4. The van der Waals surface area contributed by atoms with Crippen LogP contribution in [0.15, 0.2) is 16.5 Å². The summed E-state index contributed by atoms with van der Waals surface area (Å²) in [5, 5.41) is 0.674. The standard InChI is InChI=1S/C9H7NO4/c1-13-9(12)7-3-5-2-6(4-11)14-8(5)10-7/h2-4,10H,1H3. The van der Waals surface area contributed by atoms with Crippen molar-refractivity contribution in [3.05, 3.63) is 23.6 Å². The number of ether oxygens (including phenoxy) is 1. The van der Waals surface area contributed by atoms with Gasteiger partial charge in [0.05, 0.1) is 7.11 Å². The number of aldehydes is 1. The second kappa shape index (κ2) is 3.02. The van der Waals surface area contributed by atoms with Crippen LogP contribution in [0, 0.1) is 0 Å². The number of rotatable bonds is 2. The lowest BCUT2D eigenvalue weighted by Gasteiger charge is -1.92. The lowest BCUT2D eigenvalue weighted by molar-refractivity contribution is 0.0595. The van der Waals surface area contributed by atoms with Gasteiger partial charge in [-0.1, -0.05) is 0 Å². The lowest BCUT2D eigenvalue weighted by atomic mass is 10.3. The van der Waals surface area contributed by atoms with Crippen LogP contribution in [0.1, 0.15) is 21.0 Å². The third kappa shape index (κ3) is 1.19. The zero-order chi connectivity index (χ0) is 10.1. The summed E-state index contributed by atoms with van der Waals surface area (Å²) in [5.41, 5.74) is 0.700. The van der Waals surface area contributed by atoms with Gasteiger partial charge in [0.15, 0.2) is 12.0 Å². The Bertz CT molecular complexity index is 462. The van der Waals surface area contributed by atoms with Crippen molar-refractivity contribution in [3.63, 3.8) is 0 Å². The fraction of sp³-hybridized carbons (Fsp3) is 0.111. The Morgan fingerprint density at radius 1 is 1.57 bits per heavy atom. The Balaban J connectivity index is 2.49. The predicted molar refractivity (Wildman–Crippen MR) is 47.3 cm³/mol. The minimum atomic E-state index is -0.468. The van der Waals surface area contributed by atoms with Gasteiger partial charge in [-0.15, -0.1) is 0 Å². The number of carbonyl (C=O) groups is 2. The number of hydrogen-bond donors (Lipinski definition) is 1. The van der Waals surface area contributed by atoms with Gasteiger partial charge in [0.2, 0.25) is 5.71 Å². The maximum atomic E-state index is 11.1. The van der Waals surface area contributed by atoms with Crippen molar-refractivity contribution in [1.82, 2.24) is 4.98 Å². The van der Waals surface area contributed by atoms with E-state index >= 15 is 0 Å². The van der Waals surface area contributed by atoms with E-state index in [1.165, 1.54) is 7.11 Å². The fourth-order valence-corrected chi connectivity index (χ4v) is 1.22. The van der Waals surface area contributed by atoms with E-state index in [4.69, 9.17) is 4.42 Å². The second-order valence-corrected chi connectivity index (χ2v) is 2.73. The van der Waals surface area contributed by atoms with E-state index in [1.807, 2.05) is 0 Å². The Kier molecular flexibility index (Phi) is 1.85. The minimum Gasteiger partial charge on any atom is -0.464 e. The van der Waals surface area contributed by atoms with Gasteiger partial charge >= 0.3 is 5.97 Å². The van der Waals surface area contributed by atoms with Crippen molar-refractivity contribution < 1.29 is 18.7 Å². The van der Waals surface area contributed by atoms with Gasteiger partial charge in [-0.25, -0.2) is 4.79 Å². The highest BCUT2D eigenvalue weighted by atomic mass is 16.5. The smallest absolute Gasteiger partial charge is 0.354 e. The predicted octanol–water partition coefficient (Wildman–Crippen LogP) is 1.36. The molecule has 0 aliphatic carbocycles. The molecule has 2 aromatic rings. The highest BCUT2D eigenvalue weighted by Gasteiger charge is 2.12. The van der Waals surface area contributed by atoms with Crippen molar-refractivity contribution in [3.8, 4) is 0 Å². The van der Waals surface area contributed by atoms with Crippen LogP contribution in [0.5, 0.6) is 0 Å². The summed E-state index contributed by atoms with van der Waals surface area (Å²) >= 11 is 0. The third-order valence-electron chi connectivity index (χ3n) is 1.85. The summed E-state index contributed by atoms with van der Waals surface area (Å²) in [6, 6.07) is 3.11. The third-order valence-corrected chi connectivity index (χ3v) is 1.85. The molecule has 0 aliphatic rings. The molecule has 0 aliphatic heterocycles. The molecule has 0 atom stereocenters. The number of fused-ring (bicyclic) bond motifs is 1. The van der Waals surface area contributed by atoms with Crippen LogP contribution in [-0.4, -0.2) is 24.3 Å². The molecule has 0 saturated heterocycles. The minimum absolute atomic E-state index is 0.225. The van der Waals surface area contributed by atoms with Crippen LogP contribution in [0.2, 0.25) is 0 Å². The molecule has 1 N–H and O–H groups in total. The quantitative estimate of drug-likeness (QED) is 0.577. The Labute approximate surface area is 78.6 Å². The monoisotopic (exact) mass is 193 g/mol. The molecule has 0 fully saturated rings. The van der Waals surface area contributed by atoms with Crippen LogP contribution in [-0.2, 0) is 4.74 Å². The average molecular weight is 193 g/mol. The van der Waals surface area contributed by atoms with Crippen molar-refractivity contribution in [2.75, 3.05) is 7.11 Å². The molecular weight excluding hydrogens is 186 g/mol. The largest absolute Gasteiger partial charge is 0.464 e. The van der Waals surface area contributed by atoms with Gasteiger partial charge in [0.1, 0.15) is 5.69 Å². The SMILES string of the molecule is COC(=O)c1cc2cc(C=O)oc2[nH]1. The first-order chi connectivity index (χ1) is 6.74. The number of hydrogen-bond acceptors (Lipinski definition) is 4. The first kappa shape index (κ1) is 8.55. The summed E-state index contributed by atoms with van der Waals surface area (Å²) in [6.07, 6.45) is 0.603. The van der Waals surface area contributed by atoms with Gasteiger partial charge < -0.3 is 14.1 Å². The van der Waals surface area contributed by atoms with Crippen molar-refractivity contribution in [2.24, 2.45) is 0 Å². The van der Waals surface area contributed by atoms with E-state index in [0.717, 1.165) is 0 Å². The summed E-state index contributed by atoms with van der Waals surface area (Å²) in [6.45, 7) is 0.